The van der Waals surface area contributed by atoms with E-state index in [1.165, 1.54) is 18.4 Å². The molecule has 1 saturated carbocycles. The maximum atomic E-state index is 12.1. The van der Waals surface area contributed by atoms with Crippen LogP contribution in [-0.2, 0) is 4.79 Å². The van der Waals surface area contributed by atoms with Gasteiger partial charge in [0.15, 0.2) is 5.71 Å². The number of rotatable bonds is 3. The van der Waals surface area contributed by atoms with Crippen LogP contribution in [0.25, 0.3) is 0 Å². The average molecular weight is 318 g/mol. The Morgan fingerprint density at radius 1 is 1.27 bits per heavy atom. The van der Waals surface area contributed by atoms with Gasteiger partial charge in [-0.2, -0.15) is 9.52 Å². The van der Waals surface area contributed by atoms with Gasteiger partial charge in [0.1, 0.15) is 0 Å². The molecule has 1 fully saturated rings. The second-order valence-corrected chi connectivity index (χ2v) is 6.65. The molecule has 0 atom stereocenters. The number of nitrogens with zero attached hydrogens (tertiary/aromatic N) is 2. The molecule has 0 aromatic heterocycles. The second-order valence-electron chi connectivity index (χ2n) is 5.42. The zero-order valence-electron chi connectivity index (χ0n) is 12.1. The van der Waals surface area contributed by atoms with Gasteiger partial charge in [0, 0.05) is 10.8 Å². The molecule has 2 aliphatic rings. The standard InChI is InChI=1S/C15H18N4O2S/c16-15(21)19(22-10-6-2-1-3-7-10)18-13-11-8-4-5-9-12(11)17-14(13)20/h4-5,8-10H,1-3,6-7H2,(H2,16,21)(H,17,18,20). The maximum Gasteiger partial charge on any atom is 0.345 e. The molecular formula is C15H18N4O2S. The van der Waals surface area contributed by atoms with Crippen molar-refractivity contribution < 1.29 is 9.59 Å². The van der Waals surface area contributed by atoms with Crippen LogP contribution in [0.2, 0.25) is 0 Å². The van der Waals surface area contributed by atoms with E-state index in [0.717, 1.165) is 30.1 Å². The Labute approximate surface area is 133 Å². The maximum absolute atomic E-state index is 12.1. The molecule has 1 aromatic carbocycles. The SMILES string of the molecule is NC(=O)N(/N=C1\C(=O)Nc2ccccc21)SC1CCCCC1. The molecule has 6 nitrogen and oxygen atoms in total. The molecule has 1 aromatic rings. The Balaban J connectivity index is 1.83. The number of nitrogens with two attached hydrogens (primary N) is 1. The van der Waals surface area contributed by atoms with E-state index in [-0.39, 0.29) is 11.6 Å². The summed E-state index contributed by atoms with van der Waals surface area (Å²) in [6.45, 7) is 0. The van der Waals surface area contributed by atoms with Crippen molar-refractivity contribution in [1.29, 1.82) is 0 Å². The minimum Gasteiger partial charge on any atom is -0.349 e. The fourth-order valence-corrected chi connectivity index (χ4v) is 3.79. The molecule has 116 valence electrons. The number of para-hydroxylation sites is 1. The van der Waals surface area contributed by atoms with Crippen molar-refractivity contribution in [2.24, 2.45) is 10.8 Å². The van der Waals surface area contributed by atoms with E-state index in [9.17, 15) is 9.59 Å². The molecule has 3 N–H and O–H groups in total. The lowest BCUT2D eigenvalue weighted by Gasteiger charge is -2.24. The number of benzene rings is 1. The largest absolute Gasteiger partial charge is 0.349 e. The van der Waals surface area contributed by atoms with Gasteiger partial charge in [-0.05, 0) is 30.9 Å². The van der Waals surface area contributed by atoms with Crippen molar-refractivity contribution >= 4 is 35.3 Å². The summed E-state index contributed by atoms with van der Waals surface area (Å²) in [5.41, 5.74) is 7.06. The Hall–Kier alpha value is -2.02. The van der Waals surface area contributed by atoms with Gasteiger partial charge in [-0.25, -0.2) is 4.79 Å². The zero-order chi connectivity index (χ0) is 15.5. The van der Waals surface area contributed by atoms with Crippen LogP contribution in [0, 0.1) is 0 Å². The van der Waals surface area contributed by atoms with Crippen LogP contribution in [0.4, 0.5) is 10.5 Å². The smallest absolute Gasteiger partial charge is 0.345 e. The fraction of sp³-hybridized carbons (Fsp3) is 0.400. The predicted molar refractivity (Wildman–Crippen MR) is 87.5 cm³/mol. The number of hydrogen-bond acceptors (Lipinski definition) is 4. The number of carbonyl (C=O) groups is 2. The first-order chi connectivity index (χ1) is 10.6. The van der Waals surface area contributed by atoms with Crippen molar-refractivity contribution in [3.05, 3.63) is 29.8 Å². The summed E-state index contributed by atoms with van der Waals surface area (Å²) < 4.78 is 1.16. The highest BCUT2D eigenvalue weighted by Crippen LogP contribution is 2.31. The fourth-order valence-electron chi connectivity index (χ4n) is 2.73. The molecule has 7 heteroatoms. The molecule has 3 rings (SSSR count). The van der Waals surface area contributed by atoms with Crippen molar-refractivity contribution in [3.8, 4) is 0 Å². The first-order valence-corrected chi connectivity index (χ1v) is 8.24. The number of hydrogen-bond donors (Lipinski definition) is 2. The number of primary amides is 1. The predicted octanol–water partition coefficient (Wildman–Crippen LogP) is 2.70. The van der Waals surface area contributed by atoms with Gasteiger partial charge in [-0.15, -0.1) is 0 Å². The molecule has 0 spiro atoms. The van der Waals surface area contributed by atoms with Crippen molar-refractivity contribution in [1.82, 2.24) is 4.41 Å². The number of fused-ring (bicyclic) bond motifs is 1. The van der Waals surface area contributed by atoms with Crippen LogP contribution in [-0.4, -0.2) is 27.3 Å². The Morgan fingerprint density at radius 2 is 2.00 bits per heavy atom. The summed E-state index contributed by atoms with van der Waals surface area (Å²) in [6, 6.07) is 6.62. The van der Waals surface area contributed by atoms with Gasteiger partial charge in [-0.3, -0.25) is 4.79 Å². The molecule has 0 unspecified atom stereocenters. The lowest BCUT2D eigenvalue weighted by Crippen LogP contribution is -2.31. The van der Waals surface area contributed by atoms with Gasteiger partial charge in [0.2, 0.25) is 0 Å². The number of urea groups is 1. The van der Waals surface area contributed by atoms with Crippen LogP contribution in [0.15, 0.2) is 29.4 Å². The highest BCUT2D eigenvalue weighted by molar-refractivity contribution is 7.98. The Bertz CT molecular complexity index is 626. The van der Waals surface area contributed by atoms with Gasteiger partial charge in [0.25, 0.3) is 5.91 Å². The highest BCUT2D eigenvalue weighted by atomic mass is 32.2. The normalized spacial score (nSPS) is 19.8. The molecule has 1 aliphatic heterocycles. The third kappa shape index (κ3) is 3.09. The van der Waals surface area contributed by atoms with E-state index in [1.807, 2.05) is 12.1 Å². The lowest BCUT2D eigenvalue weighted by atomic mass is 10.0. The first kappa shape index (κ1) is 14.9. The summed E-state index contributed by atoms with van der Waals surface area (Å²) in [5.74, 6) is -0.309. The van der Waals surface area contributed by atoms with Crippen molar-refractivity contribution in [3.63, 3.8) is 0 Å². The summed E-state index contributed by atoms with van der Waals surface area (Å²) in [7, 11) is 0. The molecular weight excluding hydrogens is 300 g/mol. The third-order valence-electron chi connectivity index (χ3n) is 3.83. The Kier molecular flexibility index (Phi) is 4.33. The minimum absolute atomic E-state index is 0.234. The first-order valence-electron chi connectivity index (χ1n) is 7.41. The van der Waals surface area contributed by atoms with E-state index in [4.69, 9.17) is 5.73 Å². The lowest BCUT2D eigenvalue weighted by molar-refractivity contribution is -0.110. The number of nitrogens with one attached hydrogen (secondary N) is 1. The molecule has 22 heavy (non-hydrogen) atoms. The molecule has 0 radical (unpaired) electrons. The summed E-state index contributed by atoms with van der Waals surface area (Å²) in [4.78, 5) is 23.7. The molecule has 0 saturated heterocycles. The molecule has 3 amide bonds. The minimum atomic E-state index is -0.653. The number of carbonyl (C=O) groups excluding carboxylic acids is 2. The quantitative estimate of drug-likeness (QED) is 0.663. The van der Waals surface area contributed by atoms with E-state index >= 15 is 0 Å². The number of amides is 3. The van der Waals surface area contributed by atoms with Crippen LogP contribution in [0.1, 0.15) is 37.7 Å². The Morgan fingerprint density at radius 3 is 2.73 bits per heavy atom. The van der Waals surface area contributed by atoms with Gasteiger partial charge in [0.05, 0.1) is 5.69 Å². The van der Waals surface area contributed by atoms with Crippen molar-refractivity contribution in [2.45, 2.75) is 37.4 Å². The van der Waals surface area contributed by atoms with E-state index in [1.54, 1.807) is 12.1 Å². The summed E-state index contributed by atoms with van der Waals surface area (Å²) in [6.07, 6.45) is 5.64. The van der Waals surface area contributed by atoms with Gasteiger partial charge < -0.3 is 11.1 Å². The van der Waals surface area contributed by atoms with E-state index in [2.05, 4.69) is 10.4 Å². The summed E-state index contributed by atoms with van der Waals surface area (Å²) >= 11 is 1.33. The van der Waals surface area contributed by atoms with Crippen LogP contribution >= 0.6 is 11.9 Å². The van der Waals surface area contributed by atoms with Crippen LogP contribution in [0.5, 0.6) is 0 Å². The van der Waals surface area contributed by atoms with Gasteiger partial charge >= 0.3 is 6.03 Å². The molecule has 0 bridgehead atoms. The molecule has 1 heterocycles. The number of anilines is 1. The van der Waals surface area contributed by atoms with Gasteiger partial charge in [-0.1, -0.05) is 37.5 Å². The zero-order valence-corrected chi connectivity index (χ0v) is 12.9. The monoisotopic (exact) mass is 318 g/mol. The summed E-state index contributed by atoms with van der Waals surface area (Å²) in [5, 5.41) is 7.28. The average Bonchev–Trinajstić information content (AvgIpc) is 2.83. The van der Waals surface area contributed by atoms with Crippen LogP contribution < -0.4 is 11.1 Å². The highest BCUT2D eigenvalue weighted by Gasteiger charge is 2.28. The van der Waals surface area contributed by atoms with Crippen molar-refractivity contribution in [2.75, 3.05) is 5.32 Å². The topological polar surface area (TPSA) is 87.8 Å². The van der Waals surface area contributed by atoms with Crippen LogP contribution in [0.3, 0.4) is 0 Å². The number of hydrazone groups is 1. The third-order valence-corrected chi connectivity index (χ3v) is 5.06. The van der Waals surface area contributed by atoms with E-state index in [0.29, 0.717) is 16.5 Å². The van der Waals surface area contributed by atoms with E-state index < -0.39 is 6.03 Å². The second kappa shape index (κ2) is 6.39. The molecule has 1 aliphatic carbocycles.